The number of rotatable bonds is 4. The molecule has 3 heteroatoms. The van der Waals surface area contributed by atoms with Gasteiger partial charge in [0.15, 0.2) is 0 Å². The Bertz CT molecular complexity index is 457. The fourth-order valence-corrected chi connectivity index (χ4v) is 3.41. The van der Waals surface area contributed by atoms with Gasteiger partial charge in [0, 0.05) is 30.2 Å². The first kappa shape index (κ1) is 15.7. The quantitative estimate of drug-likeness (QED) is 0.900. The van der Waals surface area contributed by atoms with E-state index in [0.717, 1.165) is 24.1 Å². The predicted octanol–water partition coefficient (Wildman–Crippen LogP) is 3.74. The molecule has 1 aromatic rings. The maximum atomic E-state index is 4.02. The maximum Gasteiger partial charge on any atom is 0.0535 e. The highest BCUT2D eigenvalue weighted by atomic mass is 79.9. The molecule has 1 saturated heterocycles. The molecule has 1 aromatic carbocycles. The number of benzene rings is 1. The van der Waals surface area contributed by atoms with Crippen LogP contribution in [-0.4, -0.2) is 30.6 Å². The molecule has 0 radical (unpaired) electrons. The van der Waals surface area contributed by atoms with Crippen molar-refractivity contribution in [3.8, 4) is 0 Å². The summed E-state index contributed by atoms with van der Waals surface area (Å²) < 4.78 is 1.06. The second-order valence-electron chi connectivity index (χ2n) is 6.31. The van der Waals surface area contributed by atoms with Gasteiger partial charge in [-0.05, 0) is 18.4 Å². The van der Waals surface area contributed by atoms with Gasteiger partial charge >= 0.3 is 0 Å². The summed E-state index contributed by atoms with van der Waals surface area (Å²) in [6.45, 7) is 13.8. The first-order chi connectivity index (χ1) is 9.42. The molecule has 2 unspecified atom stereocenters. The summed E-state index contributed by atoms with van der Waals surface area (Å²) in [7, 11) is 0. The predicted molar refractivity (Wildman–Crippen MR) is 90.1 cm³/mol. The molecule has 1 aliphatic heterocycles. The minimum Gasteiger partial charge on any atom is -0.305 e. The maximum absolute atomic E-state index is 4.02. The number of nitrogens with one attached hydrogen (secondary N) is 1. The van der Waals surface area contributed by atoms with Crippen LogP contribution in [0.15, 0.2) is 41.4 Å². The van der Waals surface area contributed by atoms with Crippen LogP contribution in [0.2, 0.25) is 0 Å². The Balaban J connectivity index is 2.21. The van der Waals surface area contributed by atoms with Gasteiger partial charge in [-0.25, -0.2) is 0 Å². The van der Waals surface area contributed by atoms with Crippen LogP contribution >= 0.6 is 15.9 Å². The molecule has 2 rings (SSSR count). The smallest absolute Gasteiger partial charge is 0.0535 e. The third-order valence-corrected chi connectivity index (χ3v) is 4.50. The van der Waals surface area contributed by atoms with E-state index in [0.29, 0.717) is 12.0 Å². The molecule has 20 heavy (non-hydrogen) atoms. The van der Waals surface area contributed by atoms with E-state index in [2.05, 4.69) is 83.8 Å². The minimum absolute atomic E-state index is 0.00903. The van der Waals surface area contributed by atoms with Gasteiger partial charge in [0.2, 0.25) is 0 Å². The number of piperazine rings is 1. The topological polar surface area (TPSA) is 15.3 Å². The van der Waals surface area contributed by atoms with Crippen molar-refractivity contribution in [2.75, 3.05) is 19.6 Å². The lowest BCUT2D eigenvalue weighted by atomic mass is 9.86. The van der Waals surface area contributed by atoms with Gasteiger partial charge in [-0.2, -0.15) is 0 Å². The summed E-state index contributed by atoms with van der Waals surface area (Å²) >= 11 is 3.52. The molecule has 2 nitrogen and oxygen atoms in total. The average Bonchev–Trinajstić information content (AvgIpc) is 2.39. The van der Waals surface area contributed by atoms with Crippen LogP contribution in [0.1, 0.15) is 26.3 Å². The molecule has 0 saturated carbocycles. The van der Waals surface area contributed by atoms with Crippen LogP contribution in [0.25, 0.3) is 0 Å². The summed E-state index contributed by atoms with van der Waals surface area (Å²) in [6.07, 6.45) is 0. The van der Waals surface area contributed by atoms with E-state index < -0.39 is 0 Å². The zero-order valence-corrected chi connectivity index (χ0v) is 14.3. The first-order valence-corrected chi connectivity index (χ1v) is 8.09. The van der Waals surface area contributed by atoms with Crippen molar-refractivity contribution in [3.63, 3.8) is 0 Å². The lowest BCUT2D eigenvalue weighted by molar-refractivity contribution is 0.0710. The number of hydrogen-bond acceptors (Lipinski definition) is 2. The molecular formula is C17H25BrN2. The number of halogens is 1. The third-order valence-electron chi connectivity index (χ3n) is 4.24. The molecule has 1 aliphatic rings. The number of hydrogen-bond donors (Lipinski definition) is 1. The Morgan fingerprint density at radius 2 is 2.10 bits per heavy atom. The second-order valence-corrected chi connectivity index (χ2v) is 7.43. The van der Waals surface area contributed by atoms with E-state index in [-0.39, 0.29) is 5.54 Å². The van der Waals surface area contributed by atoms with E-state index in [1.807, 2.05) is 0 Å². The monoisotopic (exact) mass is 336 g/mol. The van der Waals surface area contributed by atoms with Crippen molar-refractivity contribution >= 4 is 15.9 Å². The van der Waals surface area contributed by atoms with Crippen molar-refractivity contribution in [2.24, 2.45) is 5.92 Å². The molecule has 0 aliphatic carbocycles. The van der Waals surface area contributed by atoms with Crippen LogP contribution in [0, 0.1) is 5.92 Å². The van der Waals surface area contributed by atoms with Crippen molar-refractivity contribution in [1.82, 2.24) is 10.2 Å². The molecule has 1 heterocycles. The molecule has 1 N–H and O–H groups in total. The molecule has 1 fully saturated rings. The molecule has 0 amide bonds. The van der Waals surface area contributed by atoms with Gasteiger partial charge in [0.1, 0.15) is 0 Å². The number of nitrogens with zero attached hydrogens (tertiary/aromatic N) is 1. The highest BCUT2D eigenvalue weighted by Gasteiger charge is 2.37. The second kappa shape index (κ2) is 6.42. The van der Waals surface area contributed by atoms with Gasteiger partial charge in [0.05, 0.1) is 5.54 Å². The molecule has 2 atom stereocenters. The van der Waals surface area contributed by atoms with Crippen LogP contribution in [0.3, 0.4) is 0 Å². The molecule has 0 bridgehead atoms. The fraction of sp³-hybridized carbons (Fsp3) is 0.529. The van der Waals surface area contributed by atoms with Crippen molar-refractivity contribution in [2.45, 2.75) is 32.4 Å². The Hall–Kier alpha value is -0.640. The fourth-order valence-electron chi connectivity index (χ4n) is 3.09. The molecule has 0 aromatic heterocycles. The van der Waals surface area contributed by atoms with Crippen LogP contribution in [0.4, 0.5) is 0 Å². The van der Waals surface area contributed by atoms with Crippen LogP contribution in [-0.2, 0) is 5.54 Å². The van der Waals surface area contributed by atoms with E-state index in [4.69, 9.17) is 0 Å². The standard InChI is InChI=1S/C17H25BrN2/c1-13(2)16-10-19-17(4,12-20(16)11-14(3)18)15-8-6-5-7-9-15/h5-9,13,16,19H,3,10-12H2,1-2,4H3. The minimum atomic E-state index is 0.00903. The van der Waals surface area contributed by atoms with Gasteiger partial charge in [-0.1, -0.05) is 66.7 Å². The summed E-state index contributed by atoms with van der Waals surface area (Å²) in [5.41, 5.74) is 1.36. The third kappa shape index (κ3) is 3.51. The normalized spacial score (nSPS) is 27.8. The Morgan fingerprint density at radius 1 is 1.45 bits per heavy atom. The lowest BCUT2D eigenvalue weighted by Gasteiger charge is -2.48. The highest BCUT2D eigenvalue weighted by molar-refractivity contribution is 9.11. The molecule has 0 spiro atoms. The van der Waals surface area contributed by atoms with Crippen LogP contribution in [0.5, 0.6) is 0 Å². The van der Waals surface area contributed by atoms with E-state index in [9.17, 15) is 0 Å². The summed E-state index contributed by atoms with van der Waals surface area (Å²) in [6, 6.07) is 11.3. The average molecular weight is 337 g/mol. The molecule has 110 valence electrons. The highest BCUT2D eigenvalue weighted by Crippen LogP contribution is 2.29. The molecular weight excluding hydrogens is 312 g/mol. The van der Waals surface area contributed by atoms with Gasteiger partial charge in [-0.15, -0.1) is 0 Å². The Kier molecular flexibility index (Phi) is 5.05. The van der Waals surface area contributed by atoms with Gasteiger partial charge in [0.25, 0.3) is 0 Å². The lowest BCUT2D eigenvalue weighted by Crippen LogP contribution is -2.62. The summed E-state index contributed by atoms with van der Waals surface area (Å²) in [5.74, 6) is 0.634. The van der Waals surface area contributed by atoms with Crippen molar-refractivity contribution in [1.29, 1.82) is 0 Å². The van der Waals surface area contributed by atoms with Gasteiger partial charge < -0.3 is 5.32 Å². The SMILES string of the molecule is C=C(Br)CN1CC(C)(c2ccccc2)NCC1C(C)C. The van der Waals surface area contributed by atoms with Crippen LogP contribution < -0.4 is 5.32 Å². The van der Waals surface area contributed by atoms with E-state index in [1.54, 1.807) is 0 Å². The summed E-state index contributed by atoms with van der Waals surface area (Å²) in [4.78, 5) is 2.55. The van der Waals surface area contributed by atoms with E-state index >= 15 is 0 Å². The van der Waals surface area contributed by atoms with Crippen molar-refractivity contribution < 1.29 is 0 Å². The van der Waals surface area contributed by atoms with Gasteiger partial charge in [-0.3, -0.25) is 4.90 Å². The van der Waals surface area contributed by atoms with E-state index in [1.165, 1.54) is 5.56 Å². The Morgan fingerprint density at radius 3 is 2.65 bits per heavy atom. The Labute approximate surface area is 131 Å². The largest absolute Gasteiger partial charge is 0.305 e. The zero-order chi connectivity index (χ0) is 14.8. The zero-order valence-electron chi connectivity index (χ0n) is 12.7. The first-order valence-electron chi connectivity index (χ1n) is 7.30. The van der Waals surface area contributed by atoms with Crippen molar-refractivity contribution in [3.05, 3.63) is 47.0 Å². The summed E-state index contributed by atoms with van der Waals surface area (Å²) in [5, 5.41) is 3.76.